The van der Waals surface area contributed by atoms with Crippen LogP contribution in [0.3, 0.4) is 0 Å². The lowest BCUT2D eigenvalue weighted by molar-refractivity contribution is 1.16. The molecule has 0 aliphatic heterocycles. The Bertz CT molecular complexity index is 145. The van der Waals surface area contributed by atoms with Crippen molar-refractivity contribution in [1.29, 1.82) is 0 Å². The highest BCUT2D eigenvalue weighted by molar-refractivity contribution is 5.37. The molecule has 1 N–H and O–H groups in total. The van der Waals surface area contributed by atoms with Gasteiger partial charge in [-0.05, 0) is 19.2 Å². The lowest BCUT2D eigenvalue weighted by atomic mass is 10.6. The second kappa shape index (κ2) is 1.88. The molecule has 0 bridgehead atoms. The predicted molar refractivity (Wildman–Crippen MR) is 32.6 cm³/mol. The van der Waals surface area contributed by atoms with E-state index >= 15 is 0 Å². The predicted octanol–water partition coefficient (Wildman–Crippen LogP) is 0.949. The first-order valence-electron chi connectivity index (χ1n) is 2.35. The number of hydrogen-bond acceptors (Lipinski definition) is 2. The number of anilines is 1. The summed E-state index contributed by atoms with van der Waals surface area (Å²) in [4.78, 5) is 2.75. The summed E-state index contributed by atoms with van der Waals surface area (Å²) in [6.45, 7) is 0. The number of nitrogens with zero attached hydrogens (tertiary/aromatic N) is 1. The van der Waals surface area contributed by atoms with Gasteiger partial charge in [0, 0.05) is 6.20 Å². The molecule has 8 heavy (non-hydrogen) atoms. The van der Waals surface area contributed by atoms with Gasteiger partial charge in [0.2, 0.25) is 0 Å². The van der Waals surface area contributed by atoms with Crippen LogP contribution in [-0.2, 0) is 0 Å². The molecule has 0 radical (unpaired) electrons. The molecule has 0 amide bonds. The van der Waals surface area contributed by atoms with E-state index in [0.717, 1.165) is 5.06 Å². The van der Waals surface area contributed by atoms with Crippen LogP contribution in [0.1, 0.15) is 0 Å². The maximum absolute atomic E-state index is 10.4. The summed E-state index contributed by atoms with van der Waals surface area (Å²) in [6.07, 6.45) is 1.71. The van der Waals surface area contributed by atoms with Gasteiger partial charge in [-0.15, -0.1) is 0 Å². The van der Waals surface area contributed by atoms with E-state index in [1.165, 1.54) is 7.05 Å². The molecule has 0 fully saturated rings. The van der Waals surface area contributed by atoms with Gasteiger partial charge in [-0.25, -0.2) is 0 Å². The van der Waals surface area contributed by atoms with Crippen LogP contribution in [0.15, 0.2) is 18.3 Å². The molecule has 44 valence electrons. The van der Waals surface area contributed by atoms with Gasteiger partial charge in [-0.2, -0.15) is 0 Å². The van der Waals surface area contributed by atoms with Gasteiger partial charge in [0.1, 0.15) is 0 Å². The number of aromatic nitrogens is 1. The van der Waals surface area contributed by atoms with Crippen LogP contribution in [-0.4, -0.2) is 12.0 Å². The summed E-state index contributed by atoms with van der Waals surface area (Å²) >= 11 is 0. The molecule has 1 heterocycles. The molecule has 0 atom stereocenters. The molecule has 1 aromatic heterocycles. The fourth-order valence-corrected chi connectivity index (χ4v) is 0.517. The average molecular weight is 111 g/mol. The smallest absolute Gasteiger partial charge is 0.0943 e. The van der Waals surface area contributed by atoms with Crippen molar-refractivity contribution in [1.82, 2.24) is 4.98 Å². The standard InChI is InChI=1S/C5H7N2O/c1-7(8)5-3-2-4-6-5/h2-4,6H,1H3/q-1. The Hall–Kier alpha value is -0.960. The molecule has 0 saturated carbocycles. The summed E-state index contributed by atoms with van der Waals surface area (Å²) in [5, 5.41) is 11.2. The van der Waals surface area contributed by atoms with E-state index in [4.69, 9.17) is 0 Å². The number of nitrogens with one attached hydrogen (secondary N) is 1. The average Bonchev–Trinajstić information content (AvgIpc) is 2.12. The van der Waals surface area contributed by atoms with Crippen molar-refractivity contribution in [3.63, 3.8) is 0 Å². The molecule has 0 saturated heterocycles. The minimum absolute atomic E-state index is 0.588. The second-order valence-corrected chi connectivity index (χ2v) is 1.55. The fraction of sp³-hybridized carbons (Fsp3) is 0.200. The Labute approximate surface area is 47.5 Å². The summed E-state index contributed by atoms with van der Waals surface area (Å²) in [5.41, 5.74) is 0. The lowest BCUT2D eigenvalue weighted by Gasteiger charge is -2.21. The molecular formula is C5H7N2O-. The maximum Gasteiger partial charge on any atom is 0.0943 e. The van der Waals surface area contributed by atoms with E-state index in [1.807, 2.05) is 0 Å². The quantitative estimate of drug-likeness (QED) is 0.548. The highest BCUT2D eigenvalue weighted by Crippen LogP contribution is 2.04. The Kier molecular flexibility index (Phi) is 1.22. The Morgan fingerprint density at radius 2 is 2.50 bits per heavy atom. The monoisotopic (exact) mass is 111 g/mol. The van der Waals surface area contributed by atoms with Crippen molar-refractivity contribution in [2.75, 3.05) is 12.1 Å². The largest absolute Gasteiger partial charge is 0.757 e. The van der Waals surface area contributed by atoms with Gasteiger partial charge < -0.3 is 15.3 Å². The van der Waals surface area contributed by atoms with Gasteiger partial charge in [0.25, 0.3) is 0 Å². The zero-order valence-electron chi connectivity index (χ0n) is 4.59. The highest BCUT2D eigenvalue weighted by atomic mass is 16.5. The molecule has 1 aromatic rings. The minimum Gasteiger partial charge on any atom is -0.757 e. The third kappa shape index (κ3) is 0.816. The van der Waals surface area contributed by atoms with Gasteiger partial charge in [0.15, 0.2) is 0 Å². The number of hydroxylamine groups is 1. The van der Waals surface area contributed by atoms with Crippen molar-refractivity contribution < 1.29 is 0 Å². The fourth-order valence-electron chi connectivity index (χ4n) is 0.517. The molecule has 1 rings (SSSR count). The summed E-state index contributed by atoms with van der Waals surface area (Å²) in [6, 6.07) is 3.50. The van der Waals surface area contributed by atoms with E-state index in [9.17, 15) is 5.21 Å². The van der Waals surface area contributed by atoms with E-state index in [1.54, 1.807) is 18.3 Å². The summed E-state index contributed by atoms with van der Waals surface area (Å²) < 4.78 is 0. The zero-order chi connectivity index (χ0) is 5.98. The first-order valence-corrected chi connectivity index (χ1v) is 2.35. The molecule has 0 aliphatic carbocycles. The van der Waals surface area contributed by atoms with Gasteiger partial charge in [-0.1, -0.05) is 0 Å². The molecule has 3 heteroatoms. The third-order valence-corrected chi connectivity index (χ3v) is 0.921. The normalized spacial score (nSPS) is 9.25. The van der Waals surface area contributed by atoms with Crippen LogP contribution in [0.25, 0.3) is 0 Å². The Morgan fingerprint density at radius 3 is 2.75 bits per heavy atom. The summed E-state index contributed by atoms with van der Waals surface area (Å²) in [7, 11) is 1.45. The van der Waals surface area contributed by atoms with Crippen molar-refractivity contribution in [2.24, 2.45) is 0 Å². The van der Waals surface area contributed by atoms with E-state index < -0.39 is 0 Å². The first-order chi connectivity index (χ1) is 3.80. The van der Waals surface area contributed by atoms with Gasteiger partial charge in [-0.3, -0.25) is 0 Å². The van der Waals surface area contributed by atoms with Crippen LogP contribution >= 0.6 is 0 Å². The van der Waals surface area contributed by atoms with Crippen molar-refractivity contribution in [3.05, 3.63) is 23.5 Å². The third-order valence-electron chi connectivity index (χ3n) is 0.921. The second-order valence-electron chi connectivity index (χ2n) is 1.55. The number of hydrogen-bond donors (Lipinski definition) is 1. The van der Waals surface area contributed by atoms with Crippen molar-refractivity contribution in [2.45, 2.75) is 0 Å². The van der Waals surface area contributed by atoms with Gasteiger partial charge >= 0.3 is 0 Å². The highest BCUT2D eigenvalue weighted by Gasteiger charge is 1.83. The summed E-state index contributed by atoms with van der Waals surface area (Å²) in [5.74, 6) is 0.588. The number of aromatic amines is 1. The van der Waals surface area contributed by atoms with Crippen LogP contribution in [0, 0.1) is 5.21 Å². The Morgan fingerprint density at radius 1 is 1.75 bits per heavy atom. The van der Waals surface area contributed by atoms with E-state index in [0.29, 0.717) is 5.82 Å². The number of H-pyrrole nitrogens is 1. The molecule has 0 aromatic carbocycles. The SMILES string of the molecule is CN([O-])c1ccc[nH]1. The zero-order valence-corrected chi connectivity index (χ0v) is 4.59. The minimum atomic E-state index is 0.588. The van der Waals surface area contributed by atoms with E-state index in [2.05, 4.69) is 4.98 Å². The molecular weight excluding hydrogens is 104 g/mol. The van der Waals surface area contributed by atoms with Gasteiger partial charge in [0.05, 0.1) is 5.82 Å². The molecule has 0 unspecified atom stereocenters. The van der Waals surface area contributed by atoms with Crippen molar-refractivity contribution >= 4 is 5.82 Å². The van der Waals surface area contributed by atoms with E-state index in [-0.39, 0.29) is 0 Å². The van der Waals surface area contributed by atoms with Crippen LogP contribution in [0.2, 0.25) is 0 Å². The topological polar surface area (TPSA) is 42.1 Å². The first kappa shape index (κ1) is 5.18. The van der Waals surface area contributed by atoms with Crippen LogP contribution < -0.4 is 5.06 Å². The maximum atomic E-state index is 10.4. The molecule has 3 nitrogen and oxygen atoms in total. The Balaban J connectivity index is 2.77. The molecule has 0 aliphatic rings. The number of rotatable bonds is 1. The molecule has 0 spiro atoms. The van der Waals surface area contributed by atoms with Crippen molar-refractivity contribution in [3.8, 4) is 0 Å². The van der Waals surface area contributed by atoms with Crippen LogP contribution in [0.5, 0.6) is 0 Å². The lowest BCUT2D eigenvalue weighted by Crippen LogP contribution is -2.05. The van der Waals surface area contributed by atoms with Crippen LogP contribution in [0.4, 0.5) is 5.82 Å².